The van der Waals surface area contributed by atoms with Crippen molar-refractivity contribution in [2.24, 2.45) is 0 Å². The van der Waals surface area contributed by atoms with Crippen molar-refractivity contribution in [3.63, 3.8) is 0 Å². The number of hydrogen-bond acceptors (Lipinski definition) is 4. The molecule has 1 saturated heterocycles. The van der Waals surface area contributed by atoms with Gasteiger partial charge in [0.05, 0.1) is 11.1 Å². The summed E-state index contributed by atoms with van der Waals surface area (Å²) in [7, 11) is 0. The summed E-state index contributed by atoms with van der Waals surface area (Å²) in [5.74, 6) is 2.31. The van der Waals surface area contributed by atoms with Crippen molar-refractivity contribution in [3.05, 3.63) is 29.0 Å². The zero-order chi connectivity index (χ0) is 12.3. The Balaban J connectivity index is 2.01. The first-order valence-corrected chi connectivity index (χ1v) is 8.15. The maximum Gasteiger partial charge on any atom is 0.0710 e. The largest absolute Gasteiger partial charge is 0.392 e. The second-order valence-corrected chi connectivity index (χ2v) is 7.33. The van der Waals surface area contributed by atoms with Gasteiger partial charge in [-0.1, -0.05) is 18.5 Å². The van der Waals surface area contributed by atoms with Gasteiger partial charge in [0.15, 0.2) is 0 Å². The Labute approximate surface area is 116 Å². The highest BCUT2D eigenvalue weighted by Crippen LogP contribution is 2.34. The van der Waals surface area contributed by atoms with Gasteiger partial charge in [-0.05, 0) is 11.6 Å². The van der Waals surface area contributed by atoms with Gasteiger partial charge < -0.3 is 5.11 Å². The van der Waals surface area contributed by atoms with Crippen LogP contribution in [0.1, 0.15) is 12.5 Å². The highest BCUT2D eigenvalue weighted by Gasteiger charge is 2.29. The first-order chi connectivity index (χ1) is 8.18. The summed E-state index contributed by atoms with van der Waals surface area (Å²) in [6.45, 7) is 2.19. The molecule has 1 N–H and O–H groups in total. The summed E-state index contributed by atoms with van der Waals surface area (Å²) in [5, 5.41) is 11.8. The van der Waals surface area contributed by atoms with Crippen molar-refractivity contribution in [1.29, 1.82) is 0 Å². The molecule has 0 aromatic carbocycles. The molecule has 1 aromatic heterocycles. The summed E-state index contributed by atoms with van der Waals surface area (Å²) >= 11 is 9.88. The van der Waals surface area contributed by atoms with Crippen LogP contribution in [0, 0.1) is 0 Å². The average Bonchev–Trinajstić information content (AvgIpc) is 2.32. The van der Waals surface area contributed by atoms with Gasteiger partial charge in [-0.15, -0.1) is 0 Å². The summed E-state index contributed by atoms with van der Waals surface area (Å²) in [5.41, 5.74) is 0.984. The Kier molecular flexibility index (Phi) is 5.03. The normalized spacial score (nSPS) is 26.8. The minimum absolute atomic E-state index is 0.304. The number of rotatable bonds is 3. The fourth-order valence-electron chi connectivity index (χ4n) is 1.98. The van der Waals surface area contributed by atoms with Crippen molar-refractivity contribution < 1.29 is 5.11 Å². The molecule has 2 rings (SSSR count). The zero-order valence-electron chi connectivity index (χ0n) is 9.67. The quantitative estimate of drug-likeness (QED) is 0.928. The van der Waals surface area contributed by atoms with Crippen molar-refractivity contribution in [3.8, 4) is 0 Å². The molecule has 0 radical (unpaired) electrons. The third-order valence-electron chi connectivity index (χ3n) is 2.90. The van der Waals surface area contributed by atoms with E-state index in [0.717, 1.165) is 11.3 Å². The van der Waals surface area contributed by atoms with Crippen LogP contribution in [0.3, 0.4) is 0 Å². The Morgan fingerprint density at radius 1 is 1.53 bits per heavy atom. The Morgan fingerprint density at radius 2 is 2.29 bits per heavy atom. The van der Waals surface area contributed by atoms with Crippen LogP contribution in [0.4, 0.5) is 0 Å². The zero-order valence-corrected chi connectivity index (χ0v) is 12.1. The smallest absolute Gasteiger partial charge is 0.0710 e. The first kappa shape index (κ1) is 13.5. The molecule has 1 aliphatic heterocycles. The van der Waals surface area contributed by atoms with Crippen molar-refractivity contribution in [2.45, 2.75) is 29.9 Å². The van der Waals surface area contributed by atoms with Crippen LogP contribution in [0.5, 0.6) is 0 Å². The molecular weight excluding hydrogens is 274 g/mol. The van der Waals surface area contributed by atoms with E-state index in [0.29, 0.717) is 21.9 Å². The van der Waals surface area contributed by atoms with Crippen LogP contribution in [-0.2, 0) is 6.42 Å². The second-order valence-electron chi connectivity index (χ2n) is 4.15. The number of halogens is 1. The lowest BCUT2D eigenvalue weighted by atomic mass is 10.1. The van der Waals surface area contributed by atoms with Gasteiger partial charge in [0.25, 0.3) is 0 Å². The lowest BCUT2D eigenvalue weighted by molar-refractivity contribution is 0.171. The molecule has 2 heterocycles. The maximum atomic E-state index is 10.3. The molecular formula is C12H16ClNOS2. The highest BCUT2D eigenvalue weighted by atomic mass is 35.5. The third-order valence-corrected chi connectivity index (χ3v) is 6.48. The molecule has 2 nitrogen and oxygen atoms in total. The molecule has 0 saturated carbocycles. The third kappa shape index (κ3) is 3.53. The molecule has 3 unspecified atom stereocenters. The van der Waals surface area contributed by atoms with Crippen molar-refractivity contribution in [2.75, 3.05) is 11.5 Å². The van der Waals surface area contributed by atoms with Gasteiger partial charge >= 0.3 is 0 Å². The molecule has 94 valence electrons. The average molecular weight is 290 g/mol. The monoisotopic (exact) mass is 289 g/mol. The van der Waals surface area contributed by atoms with E-state index in [9.17, 15) is 5.11 Å². The number of thioether (sulfide) groups is 2. The lowest BCUT2D eigenvalue weighted by Crippen LogP contribution is -2.36. The fraction of sp³-hybridized carbons (Fsp3) is 0.583. The molecule has 1 aromatic rings. The Bertz CT molecular complexity index is 377. The van der Waals surface area contributed by atoms with E-state index in [1.165, 1.54) is 5.75 Å². The van der Waals surface area contributed by atoms with Gasteiger partial charge in [-0.3, -0.25) is 4.98 Å². The maximum absolute atomic E-state index is 10.3. The van der Waals surface area contributed by atoms with E-state index in [1.54, 1.807) is 12.4 Å². The van der Waals surface area contributed by atoms with Crippen LogP contribution in [0.25, 0.3) is 0 Å². The summed E-state index contributed by atoms with van der Waals surface area (Å²) < 4.78 is 0. The summed E-state index contributed by atoms with van der Waals surface area (Å²) in [6.07, 6.45) is 3.64. The molecule has 0 amide bonds. The first-order valence-electron chi connectivity index (χ1n) is 5.68. The van der Waals surface area contributed by atoms with Gasteiger partial charge in [0, 0.05) is 40.8 Å². The SMILES string of the molecule is CC1SCCSC1C(O)Cc1ccncc1Cl. The number of aromatic nitrogens is 1. The number of nitrogens with zero attached hydrogens (tertiary/aromatic N) is 1. The van der Waals surface area contributed by atoms with E-state index in [-0.39, 0.29) is 6.10 Å². The predicted molar refractivity (Wildman–Crippen MR) is 77.1 cm³/mol. The van der Waals surface area contributed by atoms with Crippen molar-refractivity contribution >= 4 is 35.1 Å². The van der Waals surface area contributed by atoms with Crippen LogP contribution in [-0.4, -0.2) is 38.2 Å². The van der Waals surface area contributed by atoms with E-state index < -0.39 is 0 Å². The molecule has 0 spiro atoms. The van der Waals surface area contributed by atoms with E-state index in [1.807, 2.05) is 29.6 Å². The summed E-state index contributed by atoms with van der Waals surface area (Å²) in [4.78, 5) is 3.96. The van der Waals surface area contributed by atoms with Gasteiger partial charge in [-0.2, -0.15) is 23.5 Å². The predicted octanol–water partition coefficient (Wildman–Crippen LogP) is 2.88. The minimum Gasteiger partial charge on any atom is -0.392 e. The lowest BCUT2D eigenvalue weighted by Gasteiger charge is -2.31. The van der Waals surface area contributed by atoms with Crippen LogP contribution in [0.15, 0.2) is 18.5 Å². The standard InChI is InChI=1S/C12H16ClNOS2/c1-8-12(17-5-4-16-8)11(15)6-9-2-3-14-7-10(9)13/h2-3,7-8,11-12,15H,4-6H2,1H3. The Hall–Kier alpha value is 0.1000. The van der Waals surface area contributed by atoms with E-state index in [4.69, 9.17) is 11.6 Å². The number of aliphatic hydroxyl groups is 1. The fourth-order valence-corrected chi connectivity index (χ4v) is 5.03. The number of pyridine rings is 1. The molecule has 5 heteroatoms. The summed E-state index contributed by atoms with van der Waals surface area (Å²) in [6, 6.07) is 1.89. The van der Waals surface area contributed by atoms with Crippen molar-refractivity contribution in [1.82, 2.24) is 4.98 Å². The Morgan fingerprint density at radius 3 is 3.00 bits per heavy atom. The number of aliphatic hydroxyl groups excluding tert-OH is 1. The van der Waals surface area contributed by atoms with Gasteiger partial charge in [-0.25, -0.2) is 0 Å². The van der Waals surface area contributed by atoms with Crippen LogP contribution in [0.2, 0.25) is 5.02 Å². The molecule has 0 bridgehead atoms. The molecule has 17 heavy (non-hydrogen) atoms. The molecule has 0 aliphatic carbocycles. The molecule has 1 aliphatic rings. The number of hydrogen-bond donors (Lipinski definition) is 1. The van der Waals surface area contributed by atoms with Gasteiger partial charge in [0.2, 0.25) is 0 Å². The second kappa shape index (κ2) is 6.32. The van der Waals surface area contributed by atoms with Crippen LogP contribution < -0.4 is 0 Å². The topological polar surface area (TPSA) is 33.1 Å². The molecule has 3 atom stereocenters. The minimum atomic E-state index is -0.331. The van der Waals surface area contributed by atoms with E-state index in [2.05, 4.69) is 11.9 Å². The highest BCUT2D eigenvalue weighted by molar-refractivity contribution is 8.07. The van der Waals surface area contributed by atoms with Gasteiger partial charge in [0.1, 0.15) is 0 Å². The molecule has 1 fully saturated rings. The van der Waals surface area contributed by atoms with E-state index >= 15 is 0 Å². The van der Waals surface area contributed by atoms with Crippen LogP contribution >= 0.6 is 35.1 Å².